The summed E-state index contributed by atoms with van der Waals surface area (Å²) in [4.78, 5) is 19.2. The first-order valence-electron chi connectivity index (χ1n) is 5.52. The fraction of sp³-hybridized carbons (Fsp3) is 0.636. The van der Waals surface area contributed by atoms with Gasteiger partial charge in [0.1, 0.15) is 4.88 Å². The van der Waals surface area contributed by atoms with Crippen molar-refractivity contribution in [3.05, 3.63) is 15.6 Å². The minimum atomic E-state index is -0.0280. The van der Waals surface area contributed by atoms with Crippen molar-refractivity contribution in [3.63, 3.8) is 0 Å². The number of rotatable bonds is 2. The largest absolute Gasteiger partial charge is 0.377 e. The molecule has 1 aromatic heterocycles. The van der Waals surface area contributed by atoms with Gasteiger partial charge < -0.3 is 9.64 Å². The normalized spacial score (nSPS) is 20.6. The Labute approximate surface area is 110 Å². The van der Waals surface area contributed by atoms with Crippen molar-refractivity contribution in [3.8, 4) is 0 Å². The molecule has 1 amide bonds. The molecular weight excluding hydrogens is 260 g/mol. The van der Waals surface area contributed by atoms with Crippen molar-refractivity contribution in [2.45, 2.75) is 19.9 Å². The number of halogens is 1. The van der Waals surface area contributed by atoms with E-state index in [1.807, 2.05) is 13.8 Å². The molecule has 1 aliphatic rings. The van der Waals surface area contributed by atoms with E-state index in [0.29, 0.717) is 25.6 Å². The van der Waals surface area contributed by atoms with Crippen LogP contribution in [0.15, 0.2) is 0 Å². The lowest BCUT2D eigenvalue weighted by atomic mass is 10.2. The van der Waals surface area contributed by atoms with Gasteiger partial charge in [-0.2, -0.15) is 0 Å². The molecule has 0 bridgehead atoms. The van der Waals surface area contributed by atoms with Crippen LogP contribution in [0.4, 0.5) is 0 Å². The van der Waals surface area contributed by atoms with Crippen molar-refractivity contribution in [2.24, 2.45) is 0 Å². The van der Waals surface area contributed by atoms with Crippen LogP contribution in [0.1, 0.15) is 20.4 Å². The van der Waals surface area contributed by atoms with Gasteiger partial charge in [-0.3, -0.25) is 4.79 Å². The summed E-state index contributed by atoms with van der Waals surface area (Å²) in [7, 11) is 0. The number of thiazole rings is 1. The van der Waals surface area contributed by atoms with Crippen LogP contribution in [-0.2, 0) is 4.74 Å². The molecule has 1 fully saturated rings. The lowest BCUT2D eigenvalue weighted by molar-refractivity contribution is 0.00478. The van der Waals surface area contributed by atoms with Gasteiger partial charge in [-0.25, -0.2) is 4.98 Å². The fourth-order valence-corrected chi connectivity index (χ4v) is 3.04. The summed E-state index contributed by atoms with van der Waals surface area (Å²) in [5.74, 6) is 0.435. The summed E-state index contributed by atoms with van der Waals surface area (Å²) in [6.07, 6.45) is 0. The highest BCUT2D eigenvalue weighted by molar-refractivity contribution is 7.13. The Hall–Kier alpha value is -0.650. The number of carbonyl (C=O) groups is 1. The number of alkyl halides is 1. The molecule has 1 aliphatic heterocycles. The lowest BCUT2D eigenvalue weighted by Crippen LogP contribution is -2.49. The molecule has 2 heterocycles. The summed E-state index contributed by atoms with van der Waals surface area (Å²) in [5, 5.41) is 0.918. The van der Waals surface area contributed by atoms with Crippen LogP contribution in [0.3, 0.4) is 0 Å². The minimum absolute atomic E-state index is 0.0280. The highest BCUT2D eigenvalue weighted by atomic mass is 35.5. The van der Waals surface area contributed by atoms with Gasteiger partial charge in [0.05, 0.1) is 30.0 Å². The van der Waals surface area contributed by atoms with E-state index in [1.165, 1.54) is 11.3 Å². The van der Waals surface area contributed by atoms with Crippen molar-refractivity contribution < 1.29 is 9.53 Å². The van der Waals surface area contributed by atoms with E-state index in [2.05, 4.69) is 4.98 Å². The molecule has 94 valence electrons. The third-order valence-electron chi connectivity index (χ3n) is 2.76. The Balaban J connectivity index is 2.21. The van der Waals surface area contributed by atoms with Gasteiger partial charge in [-0.15, -0.1) is 22.9 Å². The second-order valence-corrected chi connectivity index (χ2v) is 5.54. The summed E-state index contributed by atoms with van der Waals surface area (Å²) >= 11 is 7.31. The molecule has 2 rings (SSSR count). The number of hydrogen-bond donors (Lipinski definition) is 0. The average Bonchev–Trinajstić information content (AvgIpc) is 2.67. The summed E-state index contributed by atoms with van der Waals surface area (Å²) < 4.78 is 5.33. The van der Waals surface area contributed by atoms with Gasteiger partial charge >= 0.3 is 0 Å². The van der Waals surface area contributed by atoms with E-state index in [-0.39, 0.29) is 11.9 Å². The fourth-order valence-electron chi connectivity index (χ4n) is 1.91. The molecule has 6 heteroatoms. The number of amides is 1. The van der Waals surface area contributed by atoms with Gasteiger partial charge in [-0.05, 0) is 13.8 Å². The Morgan fingerprint density at radius 1 is 1.65 bits per heavy atom. The molecule has 0 aromatic carbocycles. The first-order valence-corrected chi connectivity index (χ1v) is 6.87. The zero-order valence-electron chi connectivity index (χ0n) is 9.90. The Kier molecular flexibility index (Phi) is 4.01. The molecular formula is C11H15ClN2O2S. The van der Waals surface area contributed by atoms with E-state index < -0.39 is 0 Å². The van der Waals surface area contributed by atoms with E-state index in [0.717, 1.165) is 15.6 Å². The zero-order valence-corrected chi connectivity index (χ0v) is 11.5. The summed E-state index contributed by atoms with van der Waals surface area (Å²) in [6.45, 7) is 5.48. The number of aryl methyl sites for hydroxylation is 2. The topological polar surface area (TPSA) is 42.4 Å². The molecule has 0 N–H and O–H groups in total. The van der Waals surface area contributed by atoms with Crippen LogP contribution in [0, 0.1) is 13.8 Å². The lowest BCUT2D eigenvalue weighted by Gasteiger charge is -2.34. The number of carbonyl (C=O) groups excluding carboxylic acids is 1. The van der Waals surface area contributed by atoms with Gasteiger partial charge in [-0.1, -0.05) is 0 Å². The maximum atomic E-state index is 12.4. The van der Waals surface area contributed by atoms with Crippen molar-refractivity contribution in [2.75, 3.05) is 25.6 Å². The zero-order chi connectivity index (χ0) is 12.4. The molecule has 0 saturated carbocycles. The van der Waals surface area contributed by atoms with Crippen molar-refractivity contribution in [1.82, 2.24) is 9.88 Å². The monoisotopic (exact) mass is 274 g/mol. The van der Waals surface area contributed by atoms with Gasteiger partial charge in [0.15, 0.2) is 0 Å². The predicted octanol–water partition coefficient (Wildman–Crippen LogP) is 1.84. The van der Waals surface area contributed by atoms with Crippen LogP contribution < -0.4 is 0 Å². The third-order valence-corrected chi connectivity index (χ3v) is 4.18. The SMILES string of the molecule is Cc1nc(C)c(C(=O)N2CCOCC2CCl)s1. The second kappa shape index (κ2) is 5.33. The number of ether oxygens (including phenoxy) is 1. The van der Waals surface area contributed by atoms with Gasteiger partial charge in [0, 0.05) is 12.4 Å². The molecule has 4 nitrogen and oxygen atoms in total. The highest BCUT2D eigenvalue weighted by Crippen LogP contribution is 2.21. The maximum absolute atomic E-state index is 12.4. The van der Waals surface area contributed by atoms with Crippen LogP contribution >= 0.6 is 22.9 Å². The van der Waals surface area contributed by atoms with E-state index in [9.17, 15) is 4.79 Å². The maximum Gasteiger partial charge on any atom is 0.266 e. The standard InChI is InChI=1S/C11H15ClN2O2S/c1-7-10(17-8(2)13-7)11(15)14-3-4-16-6-9(14)5-12/h9H,3-6H2,1-2H3. The van der Waals surface area contributed by atoms with Crippen LogP contribution in [-0.4, -0.2) is 47.5 Å². The van der Waals surface area contributed by atoms with Gasteiger partial charge in [0.25, 0.3) is 5.91 Å². The average molecular weight is 275 g/mol. The molecule has 0 radical (unpaired) electrons. The van der Waals surface area contributed by atoms with Crippen LogP contribution in [0.5, 0.6) is 0 Å². The smallest absolute Gasteiger partial charge is 0.266 e. The quantitative estimate of drug-likeness (QED) is 0.773. The first-order chi connectivity index (χ1) is 8.13. The van der Waals surface area contributed by atoms with E-state index in [4.69, 9.17) is 16.3 Å². The molecule has 17 heavy (non-hydrogen) atoms. The van der Waals surface area contributed by atoms with E-state index >= 15 is 0 Å². The Morgan fingerprint density at radius 2 is 2.41 bits per heavy atom. The third kappa shape index (κ3) is 2.61. The number of aromatic nitrogens is 1. The molecule has 1 unspecified atom stereocenters. The molecule has 1 saturated heterocycles. The number of hydrogen-bond acceptors (Lipinski definition) is 4. The Morgan fingerprint density at radius 3 is 3.00 bits per heavy atom. The summed E-state index contributed by atoms with van der Waals surface area (Å²) in [6, 6.07) is -0.0280. The number of morpholine rings is 1. The number of nitrogens with zero attached hydrogens (tertiary/aromatic N) is 2. The van der Waals surface area contributed by atoms with E-state index in [1.54, 1.807) is 4.90 Å². The minimum Gasteiger partial charge on any atom is -0.377 e. The first kappa shape index (κ1) is 12.8. The summed E-state index contributed by atoms with van der Waals surface area (Å²) in [5.41, 5.74) is 0.803. The molecule has 0 aliphatic carbocycles. The molecule has 0 spiro atoms. The predicted molar refractivity (Wildman–Crippen MR) is 68.0 cm³/mol. The van der Waals surface area contributed by atoms with Crippen molar-refractivity contribution in [1.29, 1.82) is 0 Å². The molecule has 1 atom stereocenters. The van der Waals surface area contributed by atoms with Crippen molar-refractivity contribution >= 4 is 28.8 Å². The second-order valence-electron chi connectivity index (χ2n) is 4.03. The molecule has 1 aromatic rings. The highest BCUT2D eigenvalue weighted by Gasteiger charge is 2.29. The van der Waals surface area contributed by atoms with Gasteiger partial charge in [0.2, 0.25) is 0 Å². The van der Waals surface area contributed by atoms with Crippen LogP contribution in [0.2, 0.25) is 0 Å². The van der Waals surface area contributed by atoms with Crippen LogP contribution in [0.25, 0.3) is 0 Å². The Bertz CT molecular complexity index is 422.